The second-order valence-corrected chi connectivity index (χ2v) is 9.10. The van der Waals surface area contributed by atoms with E-state index in [2.05, 4.69) is 42.0 Å². The van der Waals surface area contributed by atoms with Gasteiger partial charge in [0.15, 0.2) is 5.76 Å². The fraction of sp³-hybridized carbons (Fsp3) is 0.125. The number of nitrogens with zero attached hydrogens (tertiary/aromatic N) is 3. The summed E-state index contributed by atoms with van der Waals surface area (Å²) >= 11 is 4.48. The van der Waals surface area contributed by atoms with Gasteiger partial charge < -0.3 is 13.9 Å². The number of aromatic nitrogens is 2. The molecule has 0 radical (unpaired) electrons. The number of carbonyl (C=O) groups excluding carboxylic acids is 2. The van der Waals surface area contributed by atoms with Gasteiger partial charge in [0.25, 0.3) is 5.91 Å². The summed E-state index contributed by atoms with van der Waals surface area (Å²) in [4.78, 5) is 24.1. The smallest absolute Gasteiger partial charge is 0.293 e. The van der Waals surface area contributed by atoms with Crippen LogP contribution in [0.25, 0.3) is 0 Å². The van der Waals surface area contributed by atoms with Crippen LogP contribution >= 0.6 is 27.3 Å². The molecule has 0 saturated heterocycles. The third-order valence-electron chi connectivity index (χ3n) is 4.46. The molecule has 2 heterocycles. The van der Waals surface area contributed by atoms with Gasteiger partial charge in [-0.15, -0.1) is 10.2 Å². The zero-order valence-electron chi connectivity index (χ0n) is 18.7. The molecule has 2 amide bonds. The van der Waals surface area contributed by atoms with Gasteiger partial charge in [-0.3, -0.25) is 14.9 Å². The Morgan fingerprint density at radius 2 is 1.69 bits per heavy atom. The van der Waals surface area contributed by atoms with Gasteiger partial charge in [0.05, 0.1) is 18.9 Å². The van der Waals surface area contributed by atoms with Crippen molar-refractivity contribution in [3.8, 4) is 11.5 Å². The van der Waals surface area contributed by atoms with Crippen molar-refractivity contribution in [3.05, 3.63) is 87.7 Å². The Hall–Kier alpha value is -4.03. The third kappa shape index (κ3) is 7.75. The third-order valence-corrected chi connectivity index (χ3v) is 5.83. The summed E-state index contributed by atoms with van der Waals surface area (Å²) < 4.78 is 17.3. The van der Waals surface area contributed by atoms with E-state index in [1.807, 2.05) is 48.5 Å². The molecule has 4 rings (SSSR count). The second kappa shape index (κ2) is 12.6. The van der Waals surface area contributed by atoms with Crippen molar-refractivity contribution in [2.24, 2.45) is 5.10 Å². The van der Waals surface area contributed by atoms with Crippen molar-refractivity contribution >= 4 is 50.4 Å². The van der Waals surface area contributed by atoms with E-state index in [0.717, 1.165) is 27.1 Å². The molecular weight excluding hydrogens is 550 g/mol. The van der Waals surface area contributed by atoms with Crippen LogP contribution in [0.2, 0.25) is 0 Å². The minimum Gasteiger partial charge on any atom is -0.490 e. The molecule has 0 unspecified atom stereocenters. The second-order valence-electron chi connectivity index (χ2n) is 7.12. The molecule has 184 valence electrons. The highest BCUT2D eigenvalue weighted by molar-refractivity contribution is 9.10. The predicted molar refractivity (Wildman–Crippen MR) is 138 cm³/mol. The topological polar surface area (TPSA) is 128 Å². The fourth-order valence-electron chi connectivity index (χ4n) is 2.80. The van der Waals surface area contributed by atoms with Gasteiger partial charge in [0, 0.05) is 4.47 Å². The Bertz CT molecular complexity index is 1310. The molecule has 0 aliphatic rings. The van der Waals surface area contributed by atoms with Gasteiger partial charge in [-0.05, 0) is 66.2 Å². The van der Waals surface area contributed by atoms with Crippen LogP contribution in [0.5, 0.6) is 11.5 Å². The Morgan fingerprint density at radius 3 is 2.36 bits per heavy atom. The van der Waals surface area contributed by atoms with E-state index in [1.165, 1.54) is 18.5 Å². The minimum absolute atomic E-state index is 0.0271. The number of ether oxygens (including phenoxy) is 2. The molecule has 2 aromatic heterocycles. The highest BCUT2D eigenvalue weighted by Crippen LogP contribution is 2.18. The molecule has 4 aromatic rings. The van der Waals surface area contributed by atoms with E-state index in [-0.39, 0.29) is 23.2 Å². The van der Waals surface area contributed by atoms with E-state index in [1.54, 1.807) is 6.07 Å². The standard InChI is InChI=1S/C24H20BrN5O5S/c25-17-5-9-19(10-6-17)34-13-12-33-18-7-3-16(4-8-18)15-26-28-21(31)14-22-29-30-24(36-22)27-23(32)20-2-1-11-35-20/h1-11,15H,12-14H2,(H,28,31)(H,27,30,32). The van der Waals surface area contributed by atoms with Crippen molar-refractivity contribution in [1.82, 2.24) is 15.6 Å². The van der Waals surface area contributed by atoms with E-state index in [4.69, 9.17) is 13.9 Å². The van der Waals surface area contributed by atoms with Crippen LogP contribution in [-0.2, 0) is 11.2 Å². The van der Waals surface area contributed by atoms with Crippen molar-refractivity contribution in [3.63, 3.8) is 0 Å². The summed E-state index contributed by atoms with van der Waals surface area (Å²) in [6, 6.07) is 18.0. The summed E-state index contributed by atoms with van der Waals surface area (Å²) in [7, 11) is 0. The van der Waals surface area contributed by atoms with Crippen LogP contribution in [0.4, 0.5) is 5.13 Å². The Morgan fingerprint density at radius 1 is 1.00 bits per heavy atom. The molecule has 0 aliphatic carbocycles. The Balaban J connectivity index is 1.15. The van der Waals surface area contributed by atoms with Gasteiger partial charge in [-0.1, -0.05) is 27.3 Å². The summed E-state index contributed by atoms with van der Waals surface area (Å²) in [5.74, 6) is 0.823. The van der Waals surface area contributed by atoms with Crippen LogP contribution in [0, 0.1) is 0 Å². The highest BCUT2D eigenvalue weighted by Gasteiger charge is 2.13. The maximum atomic E-state index is 12.1. The van der Waals surface area contributed by atoms with Crippen molar-refractivity contribution < 1.29 is 23.5 Å². The normalized spacial score (nSPS) is 10.8. The predicted octanol–water partition coefficient (Wildman–Crippen LogP) is 4.30. The van der Waals surface area contributed by atoms with Crippen molar-refractivity contribution in [1.29, 1.82) is 0 Å². The molecule has 0 bridgehead atoms. The first kappa shape index (κ1) is 25.1. The lowest BCUT2D eigenvalue weighted by molar-refractivity contribution is -0.120. The van der Waals surface area contributed by atoms with Crippen LogP contribution in [0.3, 0.4) is 0 Å². The quantitative estimate of drug-likeness (QED) is 0.156. The number of rotatable bonds is 11. The molecule has 12 heteroatoms. The monoisotopic (exact) mass is 569 g/mol. The number of hydrogen-bond donors (Lipinski definition) is 2. The maximum Gasteiger partial charge on any atom is 0.293 e. The van der Waals surface area contributed by atoms with Crippen molar-refractivity contribution in [2.75, 3.05) is 18.5 Å². The van der Waals surface area contributed by atoms with Gasteiger partial charge in [0.2, 0.25) is 11.0 Å². The zero-order valence-corrected chi connectivity index (χ0v) is 21.1. The molecule has 10 nitrogen and oxygen atoms in total. The molecule has 0 aliphatic heterocycles. The van der Waals surface area contributed by atoms with E-state index in [0.29, 0.717) is 24.0 Å². The molecule has 0 saturated carbocycles. The van der Waals surface area contributed by atoms with Crippen LogP contribution in [0.1, 0.15) is 21.1 Å². The molecular formula is C24H20BrN5O5S. The number of hydrogen-bond acceptors (Lipinski definition) is 9. The van der Waals surface area contributed by atoms with Crippen LogP contribution in [-0.4, -0.2) is 41.4 Å². The maximum absolute atomic E-state index is 12.1. The van der Waals surface area contributed by atoms with E-state index in [9.17, 15) is 9.59 Å². The summed E-state index contributed by atoms with van der Waals surface area (Å²) in [6.07, 6.45) is 2.89. The van der Waals surface area contributed by atoms with E-state index < -0.39 is 5.91 Å². The highest BCUT2D eigenvalue weighted by atomic mass is 79.9. The Labute approximate surface area is 218 Å². The minimum atomic E-state index is -0.442. The number of halogens is 1. The van der Waals surface area contributed by atoms with Crippen LogP contribution in [0.15, 0.2) is 80.9 Å². The molecule has 0 fully saturated rings. The number of benzene rings is 2. The first-order valence-electron chi connectivity index (χ1n) is 10.7. The lowest BCUT2D eigenvalue weighted by atomic mass is 10.2. The number of amides is 2. The fourth-order valence-corrected chi connectivity index (χ4v) is 3.80. The molecule has 0 spiro atoms. The lowest BCUT2D eigenvalue weighted by Crippen LogP contribution is -2.19. The Kier molecular flexibility index (Phi) is 8.78. The molecule has 2 N–H and O–H groups in total. The van der Waals surface area contributed by atoms with Gasteiger partial charge in [-0.25, -0.2) is 5.43 Å². The number of furan rings is 1. The van der Waals surface area contributed by atoms with E-state index >= 15 is 0 Å². The summed E-state index contributed by atoms with van der Waals surface area (Å²) in [5, 5.41) is 15.0. The first-order valence-corrected chi connectivity index (χ1v) is 12.3. The summed E-state index contributed by atoms with van der Waals surface area (Å²) in [5.41, 5.74) is 3.23. The van der Waals surface area contributed by atoms with Gasteiger partial charge in [0.1, 0.15) is 29.7 Å². The average Bonchev–Trinajstić information content (AvgIpc) is 3.57. The summed E-state index contributed by atoms with van der Waals surface area (Å²) in [6.45, 7) is 0.822. The molecule has 36 heavy (non-hydrogen) atoms. The number of carbonyl (C=O) groups is 2. The van der Waals surface area contributed by atoms with Crippen LogP contribution < -0.4 is 20.2 Å². The van der Waals surface area contributed by atoms with Gasteiger partial charge in [-0.2, -0.15) is 5.10 Å². The molecule has 0 atom stereocenters. The van der Waals surface area contributed by atoms with Crippen molar-refractivity contribution in [2.45, 2.75) is 6.42 Å². The zero-order chi connectivity index (χ0) is 25.2. The SMILES string of the molecule is O=C(Cc1nnc(NC(=O)c2ccco2)s1)NN=Cc1ccc(OCCOc2ccc(Br)cc2)cc1. The largest absolute Gasteiger partial charge is 0.490 e. The van der Waals surface area contributed by atoms with Gasteiger partial charge >= 0.3 is 0 Å². The number of anilines is 1. The first-order chi connectivity index (χ1) is 17.5. The lowest BCUT2D eigenvalue weighted by Gasteiger charge is -2.08. The average molecular weight is 570 g/mol. The number of hydrazone groups is 1. The molecule has 2 aromatic carbocycles. The number of nitrogens with one attached hydrogen (secondary N) is 2.